The van der Waals surface area contributed by atoms with Gasteiger partial charge in [0.1, 0.15) is 17.8 Å². The van der Waals surface area contributed by atoms with Crippen LogP contribution in [0.3, 0.4) is 0 Å². The van der Waals surface area contributed by atoms with Crippen molar-refractivity contribution in [2.45, 2.75) is 63.8 Å². The molecule has 2 fully saturated rings. The van der Waals surface area contributed by atoms with Crippen LogP contribution in [0.4, 0.5) is 0 Å². The number of ether oxygens (including phenoxy) is 2. The minimum atomic E-state index is -1.77. The lowest BCUT2D eigenvalue weighted by molar-refractivity contribution is -0.185. The third-order valence-corrected chi connectivity index (χ3v) is 7.39. The average molecular weight is 404 g/mol. The van der Waals surface area contributed by atoms with Gasteiger partial charge in [-0.15, -0.1) is 0 Å². The maximum atomic E-state index is 12.9. The molecule has 2 N–H and O–H groups in total. The lowest BCUT2D eigenvalue weighted by atomic mass is 9.60. The molecular formula is C22H28O7. The van der Waals surface area contributed by atoms with Gasteiger partial charge in [0, 0.05) is 38.0 Å². The van der Waals surface area contributed by atoms with Gasteiger partial charge in [0.05, 0.1) is 5.60 Å². The van der Waals surface area contributed by atoms with E-state index in [-0.39, 0.29) is 30.8 Å². The standard InChI is InChI=1S/C22H28O7/c1-11-5-18-21(26,19(11)25)8-15(10-28-13(3)23)6-16-17-9-20(17,29-14(4)24)7-12(2)22(16,18)27/h5-6,12,16-18,26-27H,7-10H2,1-4H3/t12-,16+,17+,18-,20-,21-,22-/m1/s1. The summed E-state index contributed by atoms with van der Waals surface area (Å²) < 4.78 is 10.8. The molecule has 7 atom stereocenters. The summed E-state index contributed by atoms with van der Waals surface area (Å²) in [6.07, 6.45) is 4.64. The first kappa shape index (κ1) is 20.3. The van der Waals surface area contributed by atoms with Crippen LogP contribution in [0.2, 0.25) is 0 Å². The van der Waals surface area contributed by atoms with Crippen LogP contribution in [-0.4, -0.2) is 51.3 Å². The molecule has 2 saturated carbocycles. The Morgan fingerprint density at radius 3 is 2.48 bits per heavy atom. The Labute approximate surface area is 169 Å². The Hall–Kier alpha value is -1.99. The second-order valence-corrected chi connectivity index (χ2v) is 9.35. The zero-order valence-corrected chi connectivity index (χ0v) is 17.2. The highest BCUT2D eigenvalue weighted by atomic mass is 16.6. The molecular weight excluding hydrogens is 376 g/mol. The van der Waals surface area contributed by atoms with Gasteiger partial charge in [-0.05, 0) is 36.8 Å². The van der Waals surface area contributed by atoms with Gasteiger partial charge in [-0.2, -0.15) is 0 Å². The maximum absolute atomic E-state index is 12.9. The van der Waals surface area contributed by atoms with Crippen molar-refractivity contribution in [1.82, 2.24) is 0 Å². The Balaban J connectivity index is 1.80. The number of hydrogen-bond donors (Lipinski definition) is 2. The van der Waals surface area contributed by atoms with Crippen LogP contribution in [-0.2, 0) is 23.9 Å². The topological polar surface area (TPSA) is 110 Å². The molecule has 29 heavy (non-hydrogen) atoms. The fourth-order valence-electron chi connectivity index (χ4n) is 6.15. The first-order chi connectivity index (χ1) is 13.4. The van der Waals surface area contributed by atoms with E-state index in [9.17, 15) is 24.6 Å². The van der Waals surface area contributed by atoms with Gasteiger partial charge < -0.3 is 19.7 Å². The number of carbonyl (C=O) groups excluding carboxylic acids is 3. The SMILES string of the molecule is CC(=O)OCC1=C[C@H]2[C@@H]3C[C@]3(OC(C)=O)C[C@@H](C)[C@]2(O)[C@@H]2C=C(C)C(=O)[C@@]2(O)C1. The molecule has 7 nitrogen and oxygen atoms in total. The predicted octanol–water partition coefficient (Wildman–Crippen LogP) is 1.46. The number of rotatable bonds is 3. The van der Waals surface area contributed by atoms with Crippen LogP contribution in [0, 0.1) is 23.7 Å². The Bertz CT molecular complexity index is 857. The second-order valence-electron chi connectivity index (χ2n) is 9.35. The van der Waals surface area contributed by atoms with E-state index in [0.29, 0.717) is 24.0 Å². The molecule has 0 aromatic rings. The largest absolute Gasteiger partial charge is 0.461 e. The minimum Gasteiger partial charge on any atom is -0.461 e. The van der Waals surface area contributed by atoms with Crippen LogP contribution < -0.4 is 0 Å². The molecule has 0 unspecified atom stereocenters. The van der Waals surface area contributed by atoms with E-state index in [0.717, 1.165) is 0 Å². The summed E-state index contributed by atoms with van der Waals surface area (Å²) in [6.45, 7) is 6.16. The Morgan fingerprint density at radius 1 is 1.17 bits per heavy atom. The van der Waals surface area contributed by atoms with E-state index in [2.05, 4.69) is 0 Å². The van der Waals surface area contributed by atoms with Gasteiger partial charge >= 0.3 is 11.9 Å². The van der Waals surface area contributed by atoms with Gasteiger partial charge in [0.25, 0.3) is 0 Å². The quantitative estimate of drug-likeness (QED) is 0.541. The van der Waals surface area contributed by atoms with Crippen molar-refractivity contribution in [3.63, 3.8) is 0 Å². The fourth-order valence-corrected chi connectivity index (χ4v) is 6.15. The molecule has 7 heteroatoms. The first-order valence-corrected chi connectivity index (χ1v) is 10.1. The number of carbonyl (C=O) groups is 3. The molecule has 4 aliphatic carbocycles. The van der Waals surface area contributed by atoms with Gasteiger partial charge in [-0.1, -0.05) is 19.1 Å². The van der Waals surface area contributed by atoms with E-state index in [4.69, 9.17) is 9.47 Å². The van der Waals surface area contributed by atoms with Crippen LogP contribution in [0.15, 0.2) is 23.3 Å². The summed E-state index contributed by atoms with van der Waals surface area (Å²) in [6, 6.07) is 0. The van der Waals surface area contributed by atoms with E-state index < -0.39 is 40.4 Å². The van der Waals surface area contributed by atoms with E-state index in [1.807, 2.05) is 13.0 Å². The summed E-state index contributed by atoms with van der Waals surface area (Å²) in [4.78, 5) is 35.9. The second kappa shape index (κ2) is 6.25. The van der Waals surface area contributed by atoms with Crippen LogP contribution in [0.1, 0.15) is 47.0 Å². The fraction of sp³-hybridized carbons (Fsp3) is 0.682. The summed E-state index contributed by atoms with van der Waals surface area (Å²) in [5, 5.41) is 23.5. The van der Waals surface area contributed by atoms with E-state index in [1.165, 1.54) is 13.8 Å². The summed E-state index contributed by atoms with van der Waals surface area (Å²) in [7, 11) is 0. The summed E-state index contributed by atoms with van der Waals surface area (Å²) in [5.74, 6) is -2.84. The molecule has 0 aliphatic heterocycles. The van der Waals surface area contributed by atoms with Crippen molar-refractivity contribution in [1.29, 1.82) is 0 Å². The molecule has 4 rings (SSSR count). The lowest BCUT2D eigenvalue weighted by Crippen LogP contribution is -2.61. The van der Waals surface area contributed by atoms with Gasteiger partial charge in [0.2, 0.25) is 0 Å². The Morgan fingerprint density at radius 2 is 1.86 bits per heavy atom. The van der Waals surface area contributed by atoms with Crippen LogP contribution in [0.25, 0.3) is 0 Å². The minimum absolute atomic E-state index is 0.00354. The molecule has 0 heterocycles. The van der Waals surface area contributed by atoms with Gasteiger partial charge in [-0.3, -0.25) is 14.4 Å². The zero-order valence-electron chi connectivity index (χ0n) is 17.2. The maximum Gasteiger partial charge on any atom is 0.303 e. The highest BCUT2D eigenvalue weighted by Crippen LogP contribution is 2.67. The number of ketones is 1. The van der Waals surface area contributed by atoms with Crippen LogP contribution >= 0.6 is 0 Å². The third-order valence-electron chi connectivity index (χ3n) is 7.39. The summed E-state index contributed by atoms with van der Waals surface area (Å²) >= 11 is 0. The van der Waals surface area contributed by atoms with E-state index in [1.54, 1.807) is 13.0 Å². The van der Waals surface area contributed by atoms with Gasteiger partial charge in [-0.25, -0.2) is 0 Å². The molecule has 0 aromatic carbocycles. The van der Waals surface area contributed by atoms with E-state index >= 15 is 0 Å². The lowest BCUT2D eigenvalue weighted by Gasteiger charge is -2.50. The number of aliphatic hydroxyl groups is 2. The molecule has 0 amide bonds. The smallest absolute Gasteiger partial charge is 0.303 e. The van der Waals surface area contributed by atoms with Gasteiger partial charge in [0.15, 0.2) is 5.78 Å². The zero-order chi connectivity index (χ0) is 21.4. The number of fused-ring (bicyclic) bond motifs is 5. The normalized spacial score (nSPS) is 45.1. The molecule has 0 spiro atoms. The van der Waals surface area contributed by atoms with Crippen molar-refractivity contribution >= 4 is 17.7 Å². The number of esters is 2. The van der Waals surface area contributed by atoms with Crippen LogP contribution in [0.5, 0.6) is 0 Å². The molecule has 4 aliphatic rings. The van der Waals surface area contributed by atoms with Crippen molar-refractivity contribution in [2.24, 2.45) is 23.7 Å². The van der Waals surface area contributed by atoms with Crippen molar-refractivity contribution in [3.05, 3.63) is 23.3 Å². The summed E-state index contributed by atoms with van der Waals surface area (Å²) in [5.41, 5.74) is -2.73. The number of hydrogen-bond acceptors (Lipinski definition) is 7. The molecule has 0 bridgehead atoms. The van der Waals surface area contributed by atoms with Crippen molar-refractivity contribution in [2.75, 3.05) is 6.61 Å². The van der Waals surface area contributed by atoms with Crippen molar-refractivity contribution in [3.8, 4) is 0 Å². The highest BCUT2D eigenvalue weighted by molar-refractivity contribution is 6.04. The average Bonchev–Trinajstić information content (AvgIpc) is 3.27. The molecule has 0 saturated heterocycles. The number of Topliss-reactive ketones (excluding diaryl/α,β-unsaturated/α-hetero) is 1. The molecule has 158 valence electrons. The monoisotopic (exact) mass is 404 g/mol. The third kappa shape index (κ3) is 2.81. The van der Waals surface area contributed by atoms with Crippen molar-refractivity contribution < 1.29 is 34.1 Å². The Kier molecular flexibility index (Phi) is 4.37. The molecule has 0 aromatic heterocycles. The molecule has 0 radical (unpaired) electrons. The highest BCUT2D eigenvalue weighted by Gasteiger charge is 2.74. The first-order valence-electron chi connectivity index (χ1n) is 10.1. The predicted molar refractivity (Wildman–Crippen MR) is 101 cm³/mol.